The van der Waals surface area contributed by atoms with Gasteiger partial charge in [-0.1, -0.05) is 24.3 Å². The number of carbonyl (C=O) groups is 1. The van der Waals surface area contributed by atoms with Crippen LogP contribution in [0.3, 0.4) is 0 Å². The van der Waals surface area contributed by atoms with Gasteiger partial charge in [0.2, 0.25) is 0 Å². The summed E-state index contributed by atoms with van der Waals surface area (Å²) < 4.78 is 88.6. The lowest BCUT2D eigenvalue weighted by molar-refractivity contribution is -0.359. The first kappa shape index (κ1) is 18.2. The lowest BCUT2D eigenvalue weighted by Gasteiger charge is -2.28. The lowest BCUT2D eigenvalue weighted by atomic mass is 9.99. The minimum Gasteiger partial charge on any atom is -0.481 e. The Balaban J connectivity index is 2.91. The third-order valence-electron chi connectivity index (χ3n) is 2.92. The summed E-state index contributed by atoms with van der Waals surface area (Å²) in [6, 6.07) is 2.90. The van der Waals surface area contributed by atoms with Crippen molar-refractivity contribution in [2.45, 2.75) is 37.3 Å². The van der Waals surface area contributed by atoms with Gasteiger partial charge in [-0.05, 0) is 18.4 Å². The third-order valence-corrected chi connectivity index (χ3v) is 2.92. The molecule has 0 aliphatic heterocycles. The molecule has 0 radical (unpaired) electrons. The zero-order valence-electron chi connectivity index (χ0n) is 10.9. The maximum Gasteiger partial charge on any atom is 0.460 e. The highest BCUT2D eigenvalue weighted by Crippen LogP contribution is 2.51. The molecule has 0 fully saturated rings. The molecule has 0 aromatic heterocycles. The van der Waals surface area contributed by atoms with Crippen LogP contribution in [-0.2, 0) is 17.1 Å². The first-order chi connectivity index (χ1) is 9.89. The highest BCUT2D eigenvalue weighted by Gasteiger charge is 2.73. The zero-order valence-corrected chi connectivity index (χ0v) is 10.9. The Morgan fingerprint density at radius 2 is 1.45 bits per heavy atom. The van der Waals surface area contributed by atoms with Crippen molar-refractivity contribution < 1.29 is 40.6 Å². The van der Waals surface area contributed by atoms with Crippen LogP contribution in [0.15, 0.2) is 24.3 Å². The summed E-state index contributed by atoms with van der Waals surface area (Å²) in [7, 11) is 0. The van der Waals surface area contributed by atoms with Crippen molar-refractivity contribution in [2.75, 3.05) is 0 Å². The molecule has 0 saturated heterocycles. The topological polar surface area (TPSA) is 37.3 Å². The van der Waals surface area contributed by atoms with Gasteiger partial charge in [0.15, 0.2) is 0 Å². The molecule has 1 N–H and O–H groups in total. The minimum atomic E-state index is -6.38. The molecule has 22 heavy (non-hydrogen) atoms. The first-order valence-corrected chi connectivity index (χ1v) is 6.03. The summed E-state index contributed by atoms with van der Waals surface area (Å²) in [6.45, 7) is 0. The number of alkyl halides is 7. The number of rotatable bonds is 6. The summed E-state index contributed by atoms with van der Waals surface area (Å²) in [6.07, 6.45) is -6.20. The fraction of sp³-hybridized carbons (Fsp3) is 0.462. The van der Waals surface area contributed by atoms with Crippen molar-refractivity contribution in [2.24, 2.45) is 0 Å². The first-order valence-electron chi connectivity index (χ1n) is 6.03. The monoisotopic (exact) mass is 332 g/mol. The molecule has 0 bridgehead atoms. The summed E-state index contributed by atoms with van der Waals surface area (Å²) in [5.41, 5.74) is -1.10. The fourth-order valence-corrected chi connectivity index (χ4v) is 1.68. The Hall–Kier alpha value is -1.80. The van der Waals surface area contributed by atoms with Gasteiger partial charge in [0.25, 0.3) is 0 Å². The van der Waals surface area contributed by atoms with Gasteiger partial charge in [0.1, 0.15) is 0 Å². The SMILES string of the molecule is O=C(O)CCCc1ccc(C(F)(F)C(F)(F)C(F)(F)F)cc1. The summed E-state index contributed by atoms with van der Waals surface area (Å²) in [4.78, 5) is 10.3. The van der Waals surface area contributed by atoms with E-state index in [1.165, 1.54) is 0 Å². The number of hydrogen-bond donors (Lipinski definition) is 1. The predicted molar refractivity (Wildman–Crippen MR) is 61.9 cm³/mol. The number of aliphatic carboxylic acids is 1. The standard InChI is InChI=1S/C13H11F7O2/c14-11(15,12(16,17)13(18,19)20)9-6-4-8(5-7-9)2-1-3-10(21)22/h4-7H,1-3H2,(H,21,22). The average Bonchev–Trinajstić information content (AvgIpc) is 2.37. The molecule has 1 aromatic rings. The number of hydrogen-bond acceptors (Lipinski definition) is 1. The summed E-state index contributed by atoms with van der Waals surface area (Å²) in [5.74, 6) is -12.6. The van der Waals surface area contributed by atoms with Crippen LogP contribution in [0.1, 0.15) is 24.0 Å². The minimum absolute atomic E-state index is 0.174. The van der Waals surface area contributed by atoms with Gasteiger partial charge in [-0.2, -0.15) is 30.7 Å². The van der Waals surface area contributed by atoms with E-state index in [1.807, 2.05) is 0 Å². The van der Waals surface area contributed by atoms with Crippen LogP contribution < -0.4 is 0 Å². The van der Waals surface area contributed by atoms with Gasteiger partial charge in [-0.25, -0.2) is 0 Å². The van der Waals surface area contributed by atoms with E-state index in [1.54, 1.807) is 0 Å². The number of aryl methyl sites for hydroxylation is 1. The molecule has 0 unspecified atom stereocenters. The quantitative estimate of drug-likeness (QED) is 0.785. The Kier molecular flexibility index (Phi) is 5.09. The Morgan fingerprint density at radius 1 is 0.955 bits per heavy atom. The van der Waals surface area contributed by atoms with E-state index in [9.17, 15) is 35.5 Å². The van der Waals surface area contributed by atoms with E-state index in [4.69, 9.17) is 5.11 Å². The van der Waals surface area contributed by atoms with E-state index < -0.39 is 29.6 Å². The maximum absolute atomic E-state index is 13.4. The highest BCUT2D eigenvalue weighted by molar-refractivity contribution is 5.66. The Labute approximate surface area is 120 Å². The third kappa shape index (κ3) is 3.69. The Bertz CT molecular complexity index is 520. The van der Waals surface area contributed by atoms with Crippen LogP contribution in [0.4, 0.5) is 30.7 Å². The molecule has 124 valence electrons. The zero-order chi connectivity index (χ0) is 17.2. The van der Waals surface area contributed by atoms with Crippen molar-refractivity contribution >= 4 is 5.97 Å². The molecule has 9 heteroatoms. The molecule has 1 aromatic carbocycles. The second-order valence-electron chi connectivity index (χ2n) is 4.59. The average molecular weight is 332 g/mol. The predicted octanol–water partition coefficient (Wildman–Crippen LogP) is 4.38. The normalized spacial score (nSPS) is 13.2. The molecule has 0 heterocycles. The van der Waals surface area contributed by atoms with Crippen molar-refractivity contribution in [3.8, 4) is 0 Å². The second kappa shape index (κ2) is 6.13. The van der Waals surface area contributed by atoms with Crippen LogP contribution in [0.5, 0.6) is 0 Å². The molecule has 0 amide bonds. The smallest absolute Gasteiger partial charge is 0.460 e. The van der Waals surface area contributed by atoms with Gasteiger partial charge >= 0.3 is 24.0 Å². The van der Waals surface area contributed by atoms with Crippen molar-refractivity contribution in [3.63, 3.8) is 0 Å². The van der Waals surface area contributed by atoms with Gasteiger partial charge in [0, 0.05) is 12.0 Å². The molecule has 0 aliphatic carbocycles. The maximum atomic E-state index is 13.4. The molecule has 0 saturated carbocycles. The van der Waals surface area contributed by atoms with Gasteiger partial charge in [-0.3, -0.25) is 4.79 Å². The number of carboxylic acids is 1. The molecule has 1 rings (SSSR count). The molecular weight excluding hydrogens is 321 g/mol. The molecule has 2 nitrogen and oxygen atoms in total. The van der Waals surface area contributed by atoms with E-state index >= 15 is 0 Å². The van der Waals surface area contributed by atoms with Gasteiger partial charge in [0.05, 0.1) is 0 Å². The van der Waals surface area contributed by atoms with Gasteiger partial charge < -0.3 is 5.11 Å². The van der Waals surface area contributed by atoms with Crippen LogP contribution in [0, 0.1) is 0 Å². The van der Waals surface area contributed by atoms with Crippen LogP contribution >= 0.6 is 0 Å². The lowest BCUT2D eigenvalue weighted by Crippen LogP contribution is -2.50. The number of benzene rings is 1. The number of carboxylic acid groups (broad SMARTS) is 1. The van der Waals surface area contributed by atoms with E-state index in [-0.39, 0.29) is 19.3 Å². The Morgan fingerprint density at radius 3 is 1.86 bits per heavy atom. The summed E-state index contributed by atoms with van der Waals surface area (Å²) >= 11 is 0. The largest absolute Gasteiger partial charge is 0.481 e. The van der Waals surface area contributed by atoms with E-state index in [0.717, 1.165) is 12.1 Å². The molecule has 0 aliphatic rings. The van der Waals surface area contributed by atoms with Gasteiger partial charge in [-0.15, -0.1) is 0 Å². The van der Waals surface area contributed by atoms with Crippen LogP contribution in [-0.4, -0.2) is 23.2 Å². The van der Waals surface area contributed by atoms with E-state index in [2.05, 4.69) is 0 Å². The highest BCUT2D eigenvalue weighted by atomic mass is 19.4. The van der Waals surface area contributed by atoms with Crippen LogP contribution in [0.25, 0.3) is 0 Å². The molecule has 0 spiro atoms. The molecule has 0 atom stereocenters. The summed E-state index contributed by atoms with van der Waals surface area (Å²) in [5, 5.41) is 8.42. The molecular formula is C13H11F7O2. The van der Waals surface area contributed by atoms with Crippen molar-refractivity contribution in [1.29, 1.82) is 0 Å². The fourth-order valence-electron chi connectivity index (χ4n) is 1.68. The van der Waals surface area contributed by atoms with Crippen molar-refractivity contribution in [1.82, 2.24) is 0 Å². The van der Waals surface area contributed by atoms with Crippen molar-refractivity contribution in [3.05, 3.63) is 35.4 Å². The number of halogens is 7. The van der Waals surface area contributed by atoms with E-state index in [0.29, 0.717) is 17.7 Å². The second-order valence-corrected chi connectivity index (χ2v) is 4.59. The van der Waals surface area contributed by atoms with Crippen LogP contribution in [0.2, 0.25) is 0 Å².